The number of fused-ring (bicyclic) bond motifs is 1. The number of aliphatic hydroxyl groups excluding tert-OH is 1. The maximum Gasteiger partial charge on any atom is 0.337 e. The van der Waals surface area contributed by atoms with Crippen LogP contribution in [0.5, 0.6) is 0 Å². The summed E-state index contributed by atoms with van der Waals surface area (Å²) in [5.41, 5.74) is 4.50. The molecule has 1 saturated heterocycles. The minimum absolute atomic E-state index is 0.116. The highest BCUT2D eigenvalue weighted by Gasteiger charge is 2.30. The molecule has 0 saturated carbocycles. The molecule has 3 aromatic rings. The monoisotopic (exact) mass is 490 g/mol. The summed E-state index contributed by atoms with van der Waals surface area (Å²) in [5.74, 6) is -1.21. The van der Waals surface area contributed by atoms with Gasteiger partial charge in [-0.05, 0) is 42.0 Å². The quantitative estimate of drug-likeness (QED) is 0.304. The number of ether oxygens (including phenoxy) is 2. The molecule has 2 aliphatic heterocycles. The standard InChI is InChI=1S/C27H23ClN2O5/c1-34-27(33)18-4-2-3-17(13-18)25(31)24-21-14-20(22(28)15-23(21)29-26(24)32)16-5-7-19(8-6-16)30-9-11-35-12-10-30/h2-8,13-15,31H,9-12H2,1H3,(H,29,32)/b25-24+. The Morgan fingerprint density at radius 1 is 1.03 bits per heavy atom. The highest BCUT2D eigenvalue weighted by Crippen LogP contribution is 2.42. The number of nitrogens with one attached hydrogen (secondary N) is 1. The summed E-state index contributed by atoms with van der Waals surface area (Å²) in [6.07, 6.45) is 0. The van der Waals surface area contributed by atoms with E-state index >= 15 is 0 Å². The van der Waals surface area contributed by atoms with Crippen molar-refractivity contribution in [1.29, 1.82) is 0 Å². The number of aliphatic hydroxyl groups is 1. The van der Waals surface area contributed by atoms with Gasteiger partial charge in [0, 0.05) is 35.5 Å². The summed E-state index contributed by atoms with van der Waals surface area (Å²) < 4.78 is 10.2. The van der Waals surface area contributed by atoms with Crippen LogP contribution in [0.4, 0.5) is 11.4 Å². The Labute approximate surface area is 207 Å². The SMILES string of the molecule is COC(=O)c1cccc(/C(O)=C2\C(=O)Nc3cc(Cl)c(-c4ccc(N5CCOCC5)cc4)cc32)c1. The number of carbonyl (C=O) groups is 2. The van der Waals surface area contributed by atoms with E-state index < -0.39 is 11.9 Å². The van der Waals surface area contributed by atoms with E-state index in [-0.39, 0.29) is 16.9 Å². The predicted octanol–water partition coefficient (Wildman–Crippen LogP) is 5.01. The van der Waals surface area contributed by atoms with E-state index in [0.29, 0.717) is 35.1 Å². The number of methoxy groups -OCH3 is 1. The second kappa shape index (κ2) is 9.44. The normalized spacial score (nSPS) is 16.5. The fraction of sp³-hybridized carbons (Fsp3) is 0.185. The number of hydrogen-bond acceptors (Lipinski definition) is 6. The Morgan fingerprint density at radius 3 is 2.46 bits per heavy atom. The van der Waals surface area contributed by atoms with Crippen molar-refractivity contribution < 1.29 is 24.2 Å². The van der Waals surface area contributed by atoms with E-state index in [1.54, 1.807) is 30.3 Å². The van der Waals surface area contributed by atoms with Gasteiger partial charge in [-0.2, -0.15) is 0 Å². The molecule has 2 N–H and O–H groups in total. The molecule has 1 fully saturated rings. The molecule has 5 rings (SSSR count). The number of halogens is 1. The molecular weight excluding hydrogens is 468 g/mol. The first-order valence-electron chi connectivity index (χ1n) is 11.2. The van der Waals surface area contributed by atoms with Gasteiger partial charge in [-0.3, -0.25) is 4.79 Å². The molecular formula is C27H23ClN2O5. The number of carbonyl (C=O) groups excluding carboxylic acids is 2. The number of morpholine rings is 1. The number of rotatable bonds is 4. The molecule has 0 atom stereocenters. The van der Waals surface area contributed by atoms with Crippen LogP contribution in [0, 0.1) is 0 Å². The van der Waals surface area contributed by atoms with Crippen molar-refractivity contribution >= 4 is 46.2 Å². The Kier molecular flexibility index (Phi) is 6.19. The number of benzene rings is 3. The van der Waals surface area contributed by atoms with Gasteiger partial charge in [-0.1, -0.05) is 35.9 Å². The van der Waals surface area contributed by atoms with Crippen LogP contribution in [0.1, 0.15) is 21.5 Å². The molecule has 0 spiro atoms. The van der Waals surface area contributed by atoms with Crippen molar-refractivity contribution in [2.75, 3.05) is 43.6 Å². The van der Waals surface area contributed by atoms with E-state index in [9.17, 15) is 14.7 Å². The van der Waals surface area contributed by atoms with Gasteiger partial charge in [-0.25, -0.2) is 4.79 Å². The third-order valence-corrected chi connectivity index (χ3v) is 6.51. The lowest BCUT2D eigenvalue weighted by molar-refractivity contribution is -0.110. The van der Waals surface area contributed by atoms with Crippen molar-refractivity contribution in [3.63, 3.8) is 0 Å². The van der Waals surface area contributed by atoms with Gasteiger partial charge in [0.2, 0.25) is 0 Å². The molecule has 0 aliphatic carbocycles. The second-order valence-electron chi connectivity index (χ2n) is 8.27. The van der Waals surface area contributed by atoms with Gasteiger partial charge in [0.15, 0.2) is 0 Å². The van der Waals surface area contributed by atoms with Gasteiger partial charge in [0.25, 0.3) is 5.91 Å². The van der Waals surface area contributed by atoms with Crippen LogP contribution in [-0.4, -0.2) is 50.4 Å². The van der Waals surface area contributed by atoms with Crippen LogP contribution in [0.2, 0.25) is 5.02 Å². The number of hydrogen-bond donors (Lipinski definition) is 2. The lowest BCUT2D eigenvalue weighted by Gasteiger charge is -2.29. The summed E-state index contributed by atoms with van der Waals surface area (Å²) >= 11 is 6.59. The molecule has 8 heteroatoms. The van der Waals surface area contributed by atoms with Crippen molar-refractivity contribution in [3.8, 4) is 11.1 Å². The Morgan fingerprint density at radius 2 is 1.74 bits per heavy atom. The van der Waals surface area contributed by atoms with Gasteiger partial charge >= 0.3 is 5.97 Å². The largest absolute Gasteiger partial charge is 0.506 e. The van der Waals surface area contributed by atoms with E-state index in [2.05, 4.69) is 10.2 Å². The van der Waals surface area contributed by atoms with Crippen LogP contribution in [-0.2, 0) is 14.3 Å². The van der Waals surface area contributed by atoms with E-state index in [1.165, 1.54) is 13.2 Å². The third kappa shape index (κ3) is 4.36. The molecule has 7 nitrogen and oxygen atoms in total. The fourth-order valence-electron chi connectivity index (χ4n) is 4.38. The van der Waals surface area contributed by atoms with Crippen molar-refractivity contribution in [2.24, 2.45) is 0 Å². The molecule has 178 valence electrons. The van der Waals surface area contributed by atoms with Gasteiger partial charge in [0.05, 0.1) is 42.2 Å². The first-order chi connectivity index (χ1) is 17.0. The maximum absolute atomic E-state index is 12.8. The van der Waals surface area contributed by atoms with Gasteiger partial charge in [-0.15, -0.1) is 0 Å². The van der Waals surface area contributed by atoms with Crippen molar-refractivity contribution in [1.82, 2.24) is 0 Å². The fourth-order valence-corrected chi connectivity index (χ4v) is 4.65. The summed E-state index contributed by atoms with van der Waals surface area (Å²) in [7, 11) is 1.28. The summed E-state index contributed by atoms with van der Waals surface area (Å²) in [6.45, 7) is 3.11. The molecule has 2 heterocycles. The number of nitrogens with zero attached hydrogens (tertiary/aromatic N) is 1. The zero-order chi connectivity index (χ0) is 24.5. The molecule has 1 amide bonds. The highest BCUT2D eigenvalue weighted by molar-refractivity contribution is 6.38. The van der Waals surface area contributed by atoms with E-state index in [1.807, 2.05) is 24.3 Å². The van der Waals surface area contributed by atoms with Crippen LogP contribution in [0.25, 0.3) is 22.5 Å². The van der Waals surface area contributed by atoms with E-state index in [4.69, 9.17) is 21.1 Å². The minimum atomic E-state index is -0.532. The molecule has 3 aromatic carbocycles. The molecule has 0 unspecified atom stereocenters. The topological polar surface area (TPSA) is 88.1 Å². The van der Waals surface area contributed by atoms with Crippen LogP contribution in [0.15, 0.2) is 60.7 Å². The third-order valence-electron chi connectivity index (χ3n) is 6.20. The first kappa shape index (κ1) is 23.0. The lowest BCUT2D eigenvalue weighted by Crippen LogP contribution is -2.36. The van der Waals surface area contributed by atoms with Crippen molar-refractivity contribution in [3.05, 3.63) is 82.4 Å². The molecule has 2 aliphatic rings. The summed E-state index contributed by atoms with van der Waals surface area (Å²) in [4.78, 5) is 27.0. The molecule has 0 aromatic heterocycles. The minimum Gasteiger partial charge on any atom is -0.506 e. The van der Waals surface area contributed by atoms with E-state index in [0.717, 1.165) is 29.9 Å². The lowest BCUT2D eigenvalue weighted by atomic mass is 9.96. The molecule has 35 heavy (non-hydrogen) atoms. The average Bonchev–Trinajstić information content (AvgIpc) is 3.22. The maximum atomic E-state index is 12.8. The zero-order valence-corrected chi connectivity index (χ0v) is 19.8. The number of anilines is 2. The Bertz CT molecular complexity index is 1340. The zero-order valence-electron chi connectivity index (χ0n) is 19.0. The smallest absolute Gasteiger partial charge is 0.337 e. The molecule has 0 bridgehead atoms. The number of amides is 1. The van der Waals surface area contributed by atoms with Gasteiger partial charge < -0.3 is 24.8 Å². The Hall–Kier alpha value is -3.81. The Balaban J connectivity index is 1.53. The first-order valence-corrected chi connectivity index (χ1v) is 11.5. The van der Waals surface area contributed by atoms with Crippen molar-refractivity contribution in [2.45, 2.75) is 0 Å². The van der Waals surface area contributed by atoms with Crippen LogP contribution < -0.4 is 10.2 Å². The second-order valence-corrected chi connectivity index (χ2v) is 8.68. The van der Waals surface area contributed by atoms with Gasteiger partial charge in [0.1, 0.15) is 5.76 Å². The molecule has 0 radical (unpaired) electrons. The summed E-state index contributed by atoms with van der Waals surface area (Å²) in [5, 5.41) is 14.3. The predicted molar refractivity (Wildman–Crippen MR) is 136 cm³/mol. The average molecular weight is 491 g/mol. The highest BCUT2D eigenvalue weighted by atomic mass is 35.5. The number of esters is 1. The van der Waals surface area contributed by atoms with Crippen LogP contribution in [0.3, 0.4) is 0 Å². The summed E-state index contributed by atoms with van der Waals surface area (Å²) in [6, 6.07) is 17.9. The van der Waals surface area contributed by atoms with Crippen LogP contribution >= 0.6 is 11.6 Å².